The molecule has 0 aliphatic heterocycles. The average Bonchev–Trinajstić information content (AvgIpc) is 2.65. The van der Waals surface area contributed by atoms with Crippen molar-refractivity contribution in [2.24, 2.45) is 5.73 Å². The summed E-state index contributed by atoms with van der Waals surface area (Å²) in [7, 11) is 0. The Hall–Kier alpha value is -2.70. The predicted molar refractivity (Wildman–Crippen MR) is 103 cm³/mol. The van der Waals surface area contributed by atoms with E-state index in [-0.39, 0.29) is 17.4 Å². The Labute approximate surface area is 159 Å². The van der Waals surface area contributed by atoms with E-state index >= 15 is 0 Å². The van der Waals surface area contributed by atoms with Gasteiger partial charge in [0.2, 0.25) is 0 Å². The SMILES string of the molecule is CC(=O)Oc1ccc(C(O)CNC(C)CCc2ccccc2)cc1C(N)=O. The lowest BCUT2D eigenvalue weighted by Crippen LogP contribution is -2.31. The topological polar surface area (TPSA) is 102 Å². The van der Waals surface area contributed by atoms with Crippen LogP contribution in [0.1, 0.15) is 47.9 Å². The van der Waals surface area contributed by atoms with Crippen LogP contribution in [0.2, 0.25) is 0 Å². The lowest BCUT2D eigenvalue weighted by atomic mass is 10.0. The first kappa shape index (κ1) is 20.6. The summed E-state index contributed by atoms with van der Waals surface area (Å²) in [5.41, 5.74) is 7.22. The van der Waals surface area contributed by atoms with Gasteiger partial charge in [0.15, 0.2) is 0 Å². The highest BCUT2D eigenvalue weighted by Gasteiger charge is 2.16. The number of hydrogen-bond acceptors (Lipinski definition) is 5. The normalized spacial score (nSPS) is 13.0. The summed E-state index contributed by atoms with van der Waals surface area (Å²) in [4.78, 5) is 22.7. The molecule has 2 aromatic carbocycles. The molecule has 0 fully saturated rings. The second kappa shape index (κ2) is 9.85. The van der Waals surface area contributed by atoms with Crippen molar-refractivity contribution in [1.29, 1.82) is 0 Å². The Morgan fingerprint density at radius 2 is 1.89 bits per heavy atom. The number of benzene rings is 2. The zero-order valence-electron chi connectivity index (χ0n) is 15.6. The minimum Gasteiger partial charge on any atom is -0.426 e. The third-order valence-corrected chi connectivity index (χ3v) is 4.28. The molecule has 0 aromatic heterocycles. The molecule has 2 aromatic rings. The number of hydrogen-bond donors (Lipinski definition) is 3. The molecule has 0 radical (unpaired) electrons. The number of carbonyl (C=O) groups is 2. The van der Waals surface area contributed by atoms with Gasteiger partial charge >= 0.3 is 5.97 Å². The van der Waals surface area contributed by atoms with Crippen molar-refractivity contribution in [3.8, 4) is 5.75 Å². The number of aryl methyl sites for hydroxylation is 1. The summed E-state index contributed by atoms with van der Waals surface area (Å²) < 4.78 is 4.98. The van der Waals surface area contributed by atoms with Crippen LogP contribution in [0.25, 0.3) is 0 Å². The monoisotopic (exact) mass is 370 g/mol. The summed E-state index contributed by atoms with van der Waals surface area (Å²) in [6, 6.07) is 15.0. The van der Waals surface area contributed by atoms with Crippen molar-refractivity contribution in [3.63, 3.8) is 0 Å². The van der Waals surface area contributed by atoms with Crippen LogP contribution in [0.3, 0.4) is 0 Å². The summed E-state index contributed by atoms with van der Waals surface area (Å²) in [6.45, 7) is 3.64. The second-order valence-electron chi connectivity index (χ2n) is 6.56. The van der Waals surface area contributed by atoms with Crippen LogP contribution in [-0.2, 0) is 11.2 Å². The quantitative estimate of drug-likeness (QED) is 0.465. The number of nitrogens with two attached hydrogens (primary N) is 1. The molecule has 144 valence electrons. The minimum absolute atomic E-state index is 0.0684. The first-order chi connectivity index (χ1) is 12.9. The van der Waals surface area contributed by atoms with E-state index in [1.807, 2.05) is 18.2 Å². The lowest BCUT2D eigenvalue weighted by molar-refractivity contribution is -0.131. The fourth-order valence-electron chi connectivity index (χ4n) is 2.75. The standard InChI is InChI=1S/C21H26N2O4/c1-14(8-9-16-6-4-3-5-7-16)23-13-19(25)17-10-11-20(27-15(2)24)18(12-17)21(22)26/h3-7,10-12,14,19,23,25H,8-9,13H2,1-2H3,(H2,22,26). The number of rotatable bonds is 9. The third kappa shape index (κ3) is 6.51. The van der Waals surface area contributed by atoms with E-state index in [1.165, 1.54) is 24.6 Å². The van der Waals surface area contributed by atoms with Crippen molar-refractivity contribution in [2.75, 3.05) is 6.54 Å². The van der Waals surface area contributed by atoms with Crippen molar-refractivity contribution >= 4 is 11.9 Å². The van der Waals surface area contributed by atoms with E-state index in [4.69, 9.17) is 10.5 Å². The van der Waals surface area contributed by atoms with Gasteiger partial charge in [0.1, 0.15) is 5.75 Å². The molecule has 0 heterocycles. The zero-order chi connectivity index (χ0) is 19.8. The molecule has 27 heavy (non-hydrogen) atoms. The molecular formula is C21H26N2O4. The number of nitrogens with one attached hydrogen (secondary N) is 1. The average molecular weight is 370 g/mol. The van der Waals surface area contributed by atoms with E-state index < -0.39 is 18.0 Å². The fourth-order valence-corrected chi connectivity index (χ4v) is 2.75. The van der Waals surface area contributed by atoms with Crippen LogP contribution < -0.4 is 15.8 Å². The number of primary amides is 1. The van der Waals surface area contributed by atoms with Gasteiger partial charge in [-0.2, -0.15) is 0 Å². The van der Waals surface area contributed by atoms with Crippen molar-refractivity contribution < 1.29 is 19.4 Å². The summed E-state index contributed by atoms with van der Waals surface area (Å²) in [6.07, 6.45) is 1.08. The van der Waals surface area contributed by atoms with E-state index in [1.54, 1.807) is 6.07 Å². The fraction of sp³-hybridized carbons (Fsp3) is 0.333. The number of carbonyl (C=O) groups excluding carboxylic acids is 2. The first-order valence-electron chi connectivity index (χ1n) is 8.94. The number of amides is 1. The Morgan fingerprint density at radius 1 is 1.19 bits per heavy atom. The van der Waals surface area contributed by atoms with Crippen molar-refractivity contribution in [1.82, 2.24) is 5.32 Å². The Morgan fingerprint density at radius 3 is 2.52 bits per heavy atom. The molecule has 1 amide bonds. The van der Waals surface area contributed by atoms with Gasteiger partial charge in [-0.1, -0.05) is 36.4 Å². The molecule has 4 N–H and O–H groups in total. The van der Waals surface area contributed by atoms with Crippen LogP contribution in [-0.4, -0.2) is 29.6 Å². The van der Waals surface area contributed by atoms with Crippen LogP contribution in [0.15, 0.2) is 48.5 Å². The molecule has 6 nitrogen and oxygen atoms in total. The maximum Gasteiger partial charge on any atom is 0.308 e. The summed E-state index contributed by atoms with van der Waals surface area (Å²) in [5, 5.41) is 13.7. The molecule has 2 rings (SSSR count). The lowest BCUT2D eigenvalue weighted by Gasteiger charge is -2.18. The van der Waals surface area contributed by atoms with Crippen LogP contribution in [0.4, 0.5) is 0 Å². The number of ether oxygens (including phenoxy) is 1. The van der Waals surface area contributed by atoms with Crippen LogP contribution in [0, 0.1) is 0 Å². The molecule has 0 spiro atoms. The summed E-state index contributed by atoms with van der Waals surface area (Å²) in [5.74, 6) is -1.17. The van der Waals surface area contributed by atoms with Crippen molar-refractivity contribution in [3.05, 3.63) is 65.2 Å². The maximum atomic E-state index is 11.6. The Kier molecular flexibility index (Phi) is 7.52. The largest absolute Gasteiger partial charge is 0.426 e. The zero-order valence-corrected chi connectivity index (χ0v) is 15.6. The second-order valence-corrected chi connectivity index (χ2v) is 6.56. The molecule has 2 atom stereocenters. The van der Waals surface area contributed by atoms with Gasteiger partial charge in [0.05, 0.1) is 11.7 Å². The van der Waals surface area contributed by atoms with Crippen molar-refractivity contribution in [2.45, 2.75) is 38.8 Å². The number of esters is 1. The number of aliphatic hydroxyl groups is 1. The van der Waals surface area contributed by atoms with E-state index in [9.17, 15) is 14.7 Å². The molecule has 0 bridgehead atoms. The van der Waals surface area contributed by atoms with E-state index in [0.29, 0.717) is 12.1 Å². The van der Waals surface area contributed by atoms with Gasteiger partial charge in [-0.15, -0.1) is 0 Å². The third-order valence-electron chi connectivity index (χ3n) is 4.28. The maximum absolute atomic E-state index is 11.6. The first-order valence-corrected chi connectivity index (χ1v) is 8.94. The Balaban J connectivity index is 1.92. The van der Waals surface area contributed by atoms with Gasteiger partial charge in [-0.3, -0.25) is 9.59 Å². The van der Waals surface area contributed by atoms with E-state index in [2.05, 4.69) is 24.4 Å². The van der Waals surface area contributed by atoms with Gasteiger partial charge < -0.3 is 20.9 Å². The van der Waals surface area contributed by atoms with Crippen LogP contribution in [0.5, 0.6) is 5.75 Å². The molecule has 0 aliphatic carbocycles. The van der Waals surface area contributed by atoms with Crippen LogP contribution >= 0.6 is 0 Å². The minimum atomic E-state index is -0.811. The predicted octanol–water partition coefficient (Wildman–Crippen LogP) is 2.36. The Bertz CT molecular complexity index is 777. The highest BCUT2D eigenvalue weighted by Crippen LogP contribution is 2.23. The molecular weight excluding hydrogens is 344 g/mol. The van der Waals surface area contributed by atoms with Gasteiger partial charge in [-0.05, 0) is 43.0 Å². The van der Waals surface area contributed by atoms with Gasteiger partial charge in [-0.25, -0.2) is 0 Å². The molecule has 2 unspecified atom stereocenters. The summed E-state index contributed by atoms with van der Waals surface area (Å²) >= 11 is 0. The molecule has 0 saturated carbocycles. The molecule has 0 aliphatic rings. The van der Waals surface area contributed by atoms with Gasteiger partial charge in [0.25, 0.3) is 5.91 Å². The molecule has 6 heteroatoms. The van der Waals surface area contributed by atoms with E-state index in [0.717, 1.165) is 12.8 Å². The van der Waals surface area contributed by atoms with Gasteiger partial charge in [0, 0.05) is 19.5 Å². The number of aliphatic hydroxyl groups excluding tert-OH is 1. The smallest absolute Gasteiger partial charge is 0.308 e. The highest BCUT2D eigenvalue weighted by atomic mass is 16.5. The molecule has 0 saturated heterocycles. The highest BCUT2D eigenvalue weighted by molar-refractivity contribution is 5.96.